The van der Waals surface area contributed by atoms with Gasteiger partial charge in [-0.05, 0) is 12.8 Å². The molecule has 3 N–H and O–H groups in total. The van der Waals surface area contributed by atoms with Gasteiger partial charge in [0.15, 0.2) is 0 Å². The highest BCUT2D eigenvalue weighted by Crippen LogP contribution is 1.99. The number of halogens is 1. The van der Waals surface area contributed by atoms with Gasteiger partial charge in [-0.2, -0.15) is 0 Å². The maximum Gasteiger partial charge on any atom is 0.321 e. The largest absolute Gasteiger partial charge is 0.481 e. The van der Waals surface area contributed by atoms with E-state index in [1.807, 2.05) is 0 Å². The molecule has 7 heteroatoms. The summed E-state index contributed by atoms with van der Waals surface area (Å²) < 4.78 is 0. The van der Waals surface area contributed by atoms with Crippen molar-refractivity contribution in [3.63, 3.8) is 0 Å². The van der Waals surface area contributed by atoms with Gasteiger partial charge in [-0.3, -0.25) is 14.9 Å². The number of rotatable bonds is 7. The van der Waals surface area contributed by atoms with Crippen molar-refractivity contribution in [2.24, 2.45) is 0 Å². The van der Waals surface area contributed by atoms with E-state index in [1.54, 1.807) is 0 Å². The van der Waals surface area contributed by atoms with Crippen molar-refractivity contribution < 1.29 is 19.5 Å². The Morgan fingerprint density at radius 1 is 1.18 bits per heavy atom. The fourth-order valence-electron chi connectivity index (χ4n) is 0.971. The molecule has 0 rings (SSSR count). The predicted octanol–water partition coefficient (Wildman–Crippen LogP) is 1.21. The molecule has 17 heavy (non-hydrogen) atoms. The van der Waals surface area contributed by atoms with Crippen molar-refractivity contribution in [1.29, 1.82) is 0 Å². The van der Waals surface area contributed by atoms with Crippen LogP contribution in [0, 0.1) is 0 Å². The van der Waals surface area contributed by atoms with Crippen LogP contribution in [0.25, 0.3) is 0 Å². The molecular formula is C10H15ClN2O4. The van der Waals surface area contributed by atoms with Crippen LogP contribution in [0.4, 0.5) is 4.79 Å². The van der Waals surface area contributed by atoms with E-state index in [-0.39, 0.29) is 24.4 Å². The highest BCUT2D eigenvalue weighted by atomic mass is 35.5. The molecule has 0 radical (unpaired) electrons. The molecule has 0 aromatic rings. The number of nitrogens with one attached hydrogen (secondary N) is 2. The maximum atomic E-state index is 11.2. The van der Waals surface area contributed by atoms with Crippen molar-refractivity contribution in [2.45, 2.75) is 25.7 Å². The molecule has 0 aliphatic heterocycles. The molecule has 0 aliphatic rings. The smallest absolute Gasteiger partial charge is 0.321 e. The number of carbonyl (C=O) groups excluding carboxylic acids is 2. The fraction of sp³-hybridized carbons (Fsp3) is 0.500. The zero-order valence-corrected chi connectivity index (χ0v) is 10.0. The third-order valence-electron chi connectivity index (χ3n) is 1.74. The first-order valence-electron chi connectivity index (χ1n) is 5.04. The number of hydrogen-bond acceptors (Lipinski definition) is 3. The first-order chi connectivity index (χ1) is 7.91. The monoisotopic (exact) mass is 262 g/mol. The minimum atomic E-state index is -0.899. The lowest BCUT2D eigenvalue weighted by molar-refractivity contribution is -0.137. The lowest BCUT2D eigenvalue weighted by Crippen LogP contribution is -2.39. The summed E-state index contributed by atoms with van der Waals surface area (Å²) in [5, 5.41) is 13.0. The lowest BCUT2D eigenvalue weighted by atomic mass is 10.2. The number of unbranched alkanes of at least 4 members (excludes halogenated alkanes) is 1. The summed E-state index contributed by atoms with van der Waals surface area (Å²) in [4.78, 5) is 32.4. The van der Waals surface area contributed by atoms with Crippen molar-refractivity contribution in [3.05, 3.63) is 11.6 Å². The quantitative estimate of drug-likeness (QED) is 0.601. The van der Waals surface area contributed by atoms with Crippen LogP contribution in [-0.4, -0.2) is 29.6 Å². The molecule has 0 atom stereocenters. The molecule has 0 aromatic heterocycles. The summed E-state index contributed by atoms with van der Waals surface area (Å²) in [7, 11) is 0. The molecule has 0 saturated heterocycles. The van der Waals surface area contributed by atoms with E-state index in [2.05, 4.69) is 17.2 Å². The Labute approximate surface area is 104 Å². The van der Waals surface area contributed by atoms with Crippen LogP contribution in [0.3, 0.4) is 0 Å². The number of urea groups is 1. The van der Waals surface area contributed by atoms with E-state index in [0.29, 0.717) is 12.8 Å². The minimum Gasteiger partial charge on any atom is -0.481 e. The van der Waals surface area contributed by atoms with E-state index >= 15 is 0 Å². The summed E-state index contributed by atoms with van der Waals surface area (Å²) in [5.41, 5.74) is 0. The van der Waals surface area contributed by atoms with Crippen LogP contribution >= 0.6 is 11.6 Å². The third kappa shape index (κ3) is 10.7. The van der Waals surface area contributed by atoms with Gasteiger partial charge >= 0.3 is 12.0 Å². The summed E-state index contributed by atoms with van der Waals surface area (Å²) in [6.45, 7) is 3.45. The molecule has 0 heterocycles. The molecular weight excluding hydrogens is 248 g/mol. The minimum absolute atomic E-state index is 0.0194. The van der Waals surface area contributed by atoms with E-state index < -0.39 is 17.9 Å². The zero-order valence-electron chi connectivity index (χ0n) is 9.29. The van der Waals surface area contributed by atoms with Gasteiger partial charge in [0.25, 0.3) is 0 Å². The number of imide groups is 1. The Morgan fingerprint density at radius 2 is 1.76 bits per heavy atom. The second-order valence-corrected chi connectivity index (χ2v) is 3.88. The van der Waals surface area contributed by atoms with Crippen molar-refractivity contribution in [1.82, 2.24) is 10.6 Å². The Hall–Kier alpha value is -1.56. The first kappa shape index (κ1) is 15.4. The van der Waals surface area contributed by atoms with Crippen LogP contribution in [0.1, 0.15) is 25.7 Å². The van der Waals surface area contributed by atoms with Crippen LogP contribution in [0.5, 0.6) is 0 Å². The molecule has 0 aliphatic carbocycles. The van der Waals surface area contributed by atoms with Crippen molar-refractivity contribution in [3.8, 4) is 0 Å². The predicted molar refractivity (Wildman–Crippen MR) is 62.6 cm³/mol. The second-order valence-electron chi connectivity index (χ2n) is 3.35. The number of carbonyl (C=O) groups is 3. The molecule has 0 fully saturated rings. The molecule has 96 valence electrons. The Bertz CT molecular complexity index is 317. The number of carboxylic acids is 1. The van der Waals surface area contributed by atoms with E-state index in [9.17, 15) is 14.4 Å². The maximum absolute atomic E-state index is 11.2. The van der Waals surface area contributed by atoms with Gasteiger partial charge in [-0.25, -0.2) is 4.79 Å². The number of aliphatic carboxylic acids is 1. The highest BCUT2D eigenvalue weighted by molar-refractivity contribution is 6.29. The van der Waals surface area contributed by atoms with E-state index in [4.69, 9.17) is 16.7 Å². The summed E-state index contributed by atoms with van der Waals surface area (Å²) >= 11 is 5.41. The zero-order chi connectivity index (χ0) is 13.3. The molecule has 0 saturated carbocycles. The number of hydrogen-bond donors (Lipinski definition) is 3. The summed E-state index contributed by atoms with van der Waals surface area (Å²) in [5.74, 6) is -1.35. The fourth-order valence-corrected chi connectivity index (χ4v) is 1.04. The van der Waals surface area contributed by atoms with E-state index in [0.717, 1.165) is 0 Å². The van der Waals surface area contributed by atoms with Crippen molar-refractivity contribution >= 4 is 29.5 Å². The van der Waals surface area contributed by atoms with Crippen LogP contribution in [0.2, 0.25) is 0 Å². The Kier molecular flexibility index (Phi) is 7.79. The normalized spacial score (nSPS) is 9.47. The van der Waals surface area contributed by atoms with Gasteiger partial charge in [0.1, 0.15) is 0 Å². The van der Waals surface area contributed by atoms with Gasteiger partial charge in [0, 0.05) is 17.9 Å². The molecule has 0 bridgehead atoms. The molecule has 6 nitrogen and oxygen atoms in total. The number of amides is 3. The summed E-state index contributed by atoms with van der Waals surface area (Å²) in [6, 6.07) is -0.643. The molecule has 0 unspecified atom stereocenters. The van der Waals surface area contributed by atoms with Gasteiger partial charge in [-0.1, -0.05) is 18.2 Å². The standard InChI is InChI=1S/C10H15ClN2O4/c1-7(11)6-12-10(17)13-8(14)4-2-3-5-9(15)16/h1-6H2,(H,15,16)(H2,12,13,14,17). The van der Waals surface area contributed by atoms with Gasteiger partial charge < -0.3 is 10.4 Å². The second kappa shape index (κ2) is 8.58. The SMILES string of the molecule is C=C(Cl)CNC(=O)NC(=O)CCCCC(=O)O. The van der Waals surface area contributed by atoms with Gasteiger partial charge in [-0.15, -0.1) is 0 Å². The third-order valence-corrected chi connectivity index (χ3v) is 1.87. The van der Waals surface area contributed by atoms with Crippen molar-refractivity contribution in [2.75, 3.05) is 6.54 Å². The lowest BCUT2D eigenvalue weighted by Gasteiger charge is -2.05. The van der Waals surface area contributed by atoms with E-state index in [1.165, 1.54) is 0 Å². The van der Waals surface area contributed by atoms with Gasteiger partial charge in [0.2, 0.25) is 5.91 Å². The van der Waals surface area contributed by atoms with Crippen LogP contribution in [-0.2, 0) is 9.59 Å². The Balaban J connectivity index is 3.60. The molecule has 0 aromatic carbocycles. The summed E-state index contributed by atoms with van der Waals surface area (Å²) in [6.07, 6.45) is 0.963. The van der Waals surface area contributed by atoms with Crippen LogP contribution in [0.15, 0.2) is 11.6 Å². The van der Waals surface area contributed by atoms with Gasteiger partial charge in [0.05, 0.1) is 6.54 Å². The average molecular weight is 263 g/mol. The average Bonchev–Trinajstić information content (AvgIpc) is 2.21. The topological polar surface area (TPSA) is 95.5 Å². The number of carboxylic acid groups (broad SMARTS) is 1. The first-order valence-corrected chi connectivity index (χ1v) is 5.42. The molecule has 3 amide bonds. The highest BCUT2D eigenvalue weighted by Gasteiger charge is 2.07. The van der Waals surface area contributed by atoms with Crippen LogP contribution < -0.4 is 10.6 Å². The Morgan fingerprint density at radius 3 is 2.29 bits per heavy atom. The molecule has 0 spiro atoms.